The van der Waals surface area contributed by atoms with Gasteiger partial charge in [0.25, 0.3) is 0 Å². The third-order valence-corrected chi connectivity index (χ3v) is 9.49. The molecular weight excluding hydrogens is 560 g/mol. The summed E-state index contributed by atoms with van der Waals surface area (Å²) in [4.78, 5) is 0. The average molecular weight is 591 g/mol. The molecule has 2 nitrogen and oxygen atoms in total. The van der Waals surface area contributed by atoms with Crippen molar-refractivity contribution in [1.29, 1.82) is 0 Å². The van der Waals surface area contributed by atoms with Crippen molar-refractivity contribution in [1.82, 2.24) is 0 Å². The minimum absolute atomic E-state index is 0.803. The maximum absolute atomic E-state index is 7.16. The fraction of sp³-hybridized carbons (Fsp3) is 0.0455. The van der Waals surface area contributed by atoms with Crippen LogP contribution in [0.3, 0.4) is 0 Å². The van der Waals surface area contributed by atoms with E-state index in [2.05, 4.69) is 170 Å². The van der Waals surface area contributed by atoms with Gasteiger partial charge < -0.3 is 9.47 Å². The van der Waals surface area contributed by atoms with Gasteiger partial charge in [0.2, 0.25) is 0 Å². The molecule has 0 aliphatic carbocycles. The second-order valence-corrected chi connectivity index (χ2v) is 12.1. The Kier molecular flexibility index (Phi) is 5.97. The van der Waals surface area contributed by atoms with Crippen LogP contribution in [0.2, 0.25) is 0 Å². The minimum atomic E-state index is -0.803. The van der Waals surface area contributed by atoms with Gasteiger partial charge in [-0.1, -0.05) is 170 Å². The first kappa shape index (κ1) is 26.5. The summed E-state index contributed by atoms with van der Waals surface area (Å²) in [6.45, 7) is 0. The number of hydrogen-bond acceptors (Lipinski definition) is 2. The van der Waals surface area contributed by atoms with E-state index in [-0.39, 0.29) is 0 Å². The van der Waals surface area contributed by atoms with E-state index in [4.69, 9.17) is 9.47 Å². The van der Waals surface area contributed by atoms with Crippen LogP contribution in [0.25, 0.3) is 33.7 Å². The zero-order chi connectivity index (χ0) is 30.6. The molecule has 0 N–H and O–H groups in total. The summed E-state index contributed by atoms with van der Waals surface area (Å²) in [5, 5.41) is 4.53. The van der Waals surface area contributed by atoms with E-state index < -0.39 is 11.2 Å². The lowest BCUT2D eigenvalue weighted by Gasteiger charge is -2.38. The van der Waals surface area contributed by atoms with Gasteiger partial charge in [0.05, 0.1) is 0 Å². The first-order valence-corrected chi connectivity index (χ1v) is 15.8. The zero-order valence-corrected chi connectivity index (χ0v) is 25.1. The summed E-state index contributed by atoms with van der Waals surface area (Å²) in [5.74, 6) is 1.80. The molecule has 7 aromatic rings. The normalized spacial score (nSPS) is 19.7. The van der Waals surface area contributed by atoms with Crippen molar-refractivity contribution in [3.05, 3.63) is 203 Å². The van der Waals surface area contributed by atoms with Crippen LogP contribution in [-0.2, 0) is 11.2 Å². The highest BCUT2D eigenvalue weighted by Crippen LogP contribution is 2.48. The molecule has 0 bridgehead atoms. The molecule has 0 saturated heterocycles. The first-order chi connectivity index (χ1) is 22.7. The number of rotatable bonds is 4. The molecule has 0 saturated carbocycles. The van der Waals surface area contributed by atoms with Crippen molar-refractivity contribution in [3.8, 4) is 11.5 Å². The summed E-state index contributed by atoms with van der Waals surface area (Å²) in [5.41, 5.74) is 4.80. The Labute approximate surface area is 268 Å². The second-order valence-electron chi connectivity index (χ2n) is 12.1. The Morgan fingerprint density at radius 1 is 0.326 bits per heavy atom. The SMILES string of the molecule is C1=CC(c2ccccc2)(c2ccc(C3(c4ccccc4)C=Cc4ccc5ccccc5c4O3)cc2)Oc2c1ccc1ccccc21. The average Bonchev–Trinajstić information content (AvgIpc) is 3.15. The van der Waals surface area contributed by atoms with Crippen molar-refractivity contribution in [2.24, 2.45) is 0 Å². The van der Waals surface area contributed by atoms with Gasteiger partial charge in [-0.2, -0.15) is 0 Å². The van der Waals surface area contributed by atoms with Crippen LogP contribution in [0.1, 0.15) is 33.4 Å². The second kappa shape index (κ2) is 10.4. The van der Waals surface area contributed by atoms with Crippen molar-refractivity contribution >= 4 is 33.7 Å². The molecule has 2 unspecified atom stereocenters. The Bertz CT molecular complexity index is 2140. The highest BCUT2D eigenvalue weighted by atomic mass is 16.5. The van der Waals surface area contributed by atoms with E-state index in [1.165, 1.54) is 0 Å². The van der Waals surface area contributed by atoms with Gasteiger partial charge in [-0.25, -0.2) is 0 Å². The molecule has 2 aliphatic rings. The standard InChI is InChI=1S/C44H30O2/c1-3-13-35(14-4-1)43(29-27-33-21-19-31-11-7-9-17-39(31)41(33)45-43)37-23-25-38(26-24-37)44(36-15-5-2-6-16-36)30-28-34-22-20-32-12-8-10-18-40(32)42(34)46-44/h1-30H. The Balaban J connectivity index is 1.20. The van der Waals surface area contributed by atoms with Crippen LogP contribution in [0.5, 0.6) is 11.5 Å². The largest absolute Gasteiger partial charge is 0.472 e. The van der Waals surface area contributed by atoms with Gasteiger partial charge in [0.15, 0.2) is 11.2 Å². The summed E-state index contributed by atoms with van der Waals surface area (Å²) in [6.07, 6.45) is 8.79. The molecule has 46 heavy (non-hydrogen) atoms. The van der Waals surface area contributed by atoms with E-state index in [0.29, 0.717) is 0 Å². The molecule has 2 heterocycles. The van der Waals surface area contributed by atoms with Gasteiger partial charge >= 0.3 is 0 Å². The molecule has 9 rings (SSSR count). The molecule has 2 aliphatic heterocycles. The molecular formula is C44H30O2. The lowest BCUT2D eigenvalue weighted by molar-refractivity contribution is 0.159. The van der Waals surface area contributed by atoms with Gasteiger partial charge in [0.1, 0.15) is 11.5 Å². The number of hydrogen-bond donors (Lipinski definition) is 0. The molecule has 0 radical (unpaired) electrons. The van der Waals surface area contributed by atoms with Gasteiger partial charge in [0, 0.05) is 44.2 Å². The Hall–Kier alpha value is -5.86. The number of fused-ring (bicyclic) bond motifs is 6. The monoisotopic (exact) mass is 590 g/mol. The van der Waals surface area contributed by atoms with Crippen LogP contribution >= 0.6 is 0 Å². The fourth-order valence-corrected chi connectivity index (χ4v) is 7.11. The van der Waals surface area contributed by atoms with Crippen molar-refractivity contribution in [3.63, 3.8) is 0 Å². The Morgan fingerprint density at radius 2 is 0.696 bits per heavy atom. The third-order valence-electron chi connectivity index (χ3n) is 9.49. The minimum Gasteiger partial charge on any atom is -0.472 e. The zero-order valence-electron chi connectivity index (χ0n) is 25.1. The topological polar surface area (TPSA) is 18.5 Å². The number of ether oxygens (including phenoxy) is 2. The predicted molar refractivity (Wildman–Crippen MR) is 188 cm³/mol. The smallest absolute Gasteiger partial charge is 0.178 e. The molecule has 7 aromatic carbocycles. The van der Waals surface area contributed by atoms with Crippen LogP contribution in [-0.4, -0.2) is 0 Å². The lowest BCUT2D eigenvalue weighted by atomic mass is 9.80. The predicted octanol–water partition coefficient (Wildman–Crippen LogP) is 10.7. The molecule has 218 valence electrons. The molecule has 0 aromatic heterocycles. The third kappa shape index (κ3) is 4.04. The fourth-order valence-electron chi connectivity index (χ4n) is 7.11. The molecule has 2 atom stereocenters. The van der Waals surface area contributed by atoms with E-state index in [1.54, 1.807) is 0 Å². The summed E-state index contributed by atoms with van der Waals surface area (Å²) in [7, 11) is 0. The van der Waals surface area contributed by atoms with Crippen LogP contribution in [0, 0.1) is 0 Å². The quantitative estimate of drug-likeness (QED) is 0.203. The van der Waals surface area contributed by atoms with E-state index in [9.17, 15) is 0 Å². The van der Waals surface area contributed by atoms with Crippen molar-refractivity contribution in [2.45, 2.75) is 11.2 Å². The highest BCUT2D eigenvalue weighted by Gasteiger charge is 2.40. The van der Waals surface area contributed by atoms with Crippen LogP contribution in [0.4, 0.5) is 0 Å². The summed E-state index contributed by atoms with van der Waals surface area (Å²) >= 11 is 0. The van der Waals surface area contributed by atoms with Gasteiger partial charge in [-0.15, -0.1) is 0 Å². The Morgan fingerprint density at radius 3 is 1.13 bits per heavy atom. The number of benzene rings is 7. The van der Waals surface area contributed by atoms with Crippen LogP contribution < -0.4 is 9.47 Å². The highest BCUT2D eigenvalue weighted by molar-refractivity contribution is 5.93. The maximum Gasteiger partial charge on any atom is 0.178 e. The maximum atomic E-state index is 7.16. The van der Waals surface area contributed by atoms with Gasteiger partial charge in [-0.3, -0.25) is 0 Å². The molecule has 0 spiro atoms. The lowest BCUT2D eigenvalue weighted by Crippen LogP contribution is -2.36. The van der Waals surface area contributed by atoms with E-state index in [0.717, 1.165) is 66.4 Å². The van der Waals surface area contributed by atoms with Crippen molar-refractivity contribution in [2.75, 3.05) is 0 Å². The molecule has 0 amide bonds. The van der Waals surface area contributed by atoms with Crippen molar-refractivity contribution < 1.29 is 9.47 Å². The van der Waals surface area contributed by atoms with Crippen LogP contribution in [0.15, 0.2) is 170 Å². The van der Waals surface area contributed by atoms with Gasteiger partial charge in [-0.05, 0) is 22.9 Å². The first-order valence-electron chi connectivity index (χ1n) is 15.8. The summed E-state index contributed by atoms with van der Waals surface area (Å²) < 4.78 is 14.3. The molecule has 2 heteroatoms. The van der Waals surface area contributed by atoms with E-state index >= 15 is 0 Å². The van der Waals surface area contributed by atoms with E-state index in [1.807, 2.05) is 12.1 Å². The molecule has 0 fully saturated rings. The summed E-state index contributed by atoms with van der Waals surface area (Å²) in [6, 6.07) is 55.3.